The van der Waals surface area contributed by atoms with Crippen LogP contribution in [0, 0.1) is 5.82 Å². The number of fused-ring (bicyclic) bond motifs is 1. The number of nitrogens with zero attached hydrogens (tertiary/aromatic N) is 2. The molecule has 1 saturated heterocycles. The number of benzene rings is 1. The fraction of sp³-hybridized carbons (Fsp3) is 0.368. The first-order valence-corrected chi connectivity index (χ1v) is 8.30. The third kappa shape index (κ3) is 2.57. The third-order valence-electron chi connectivity index (χ3n) is 4.94. The first-order valence-electron chi connectivity index (χ1n) is 8.30. The lowest BCUT2D eigenvalue weighted by Crippen LogP contribution is -2.27. The van der Waals surface area contributed by atoms with Crippen molar-refractivity contribution in [3.63, 3.8) is 0 Å². The van der Waals surface area contributed by atoms with Gasteiger partial charge in [-0.05, 0) is 44.0 Å². The van der Waals surface area contributed by atoms with Gasteiger partial charge in [-0.15, -0.1) is 0 Å². The number of hydrogen-bond acceptors (Lipinski definition) is 5. The lowest BCUT2D eigenvalue weighted by Gasteiger charge is -2.27. The number of rotatable bonds is 2. The van der Waals surface area contributed by atoms with Crippen LogP contribution in [0.3, 0.4) is 0 Å². The number of ether oxygens (including phenoxy) is 1. The minimum atomic E-state index is -0.701. The summed E-state index contributed by atoms with van der Waals surface area (Å²) < 4.78 is 18.7. The molecule has 1 aromatic carbocycles. The second-order valence-corrected chi connectivity index (χ2v) is 7.07. The van der Waals surface area contributed by atoms with Gasteiger partial charge in [0.25, 0.3) is 0 Å². The molecule has 0 saturated carbocycles. The molecule has 3 heterocycles. The number of cyclic esters (lactones) is 1. The maximum atomic E-state index is 13.3. The Hall–Kier alpha value is -2.47. The van der Waals surface area contributed by atoms with Gasteiger partial charge in [0.1, 0.15) is 22.8 Å². The third-order valence-corrected chi connectivity index (χ3v) is 4.94. The fourth-order valence-electron chi connectivity index (χ4n) is 3.76. The summed E-state index contributed by atoms with van der Waals surface area (Å²) in [5.41, 5.74) is 1.42. The average molecular weight is 342 g/mol. The Labute approximate surface area is 145 Å². The van der Waals surface area contributed by atoms with Gasteiger partial charge < -0.3 is 14.7 Å². The molecular weight excluding hydrogens is 323 g/mol. The summed E-state index contributed by atoms with van der Waals surface area (Å²) in [5.74, 6) is -0.195. The molecule has 5 nitrogen and oxygen atoms in total. The van der Waals surface area contributed by atoms with Crippen LogP contribution < -0.4 is 4.90 Å². The van der Waals surface area contributed by atoms with Crippen LogP contribution in [0.4, 0.5) is 10.2 Å². The monoisotopic (exact) mass is 342 g/mol. The molecule has 1 aromatic heterocycles. The highest BCUT2D eigenvalue weighted by molar-refractivity contribution is 5.99. The van der Waals surface area contributed by atoms with Crippen molar-refractivity contribution in [2.75, 3.05) is 11.4 Å². The fourth-order valence-corrected chi connectivity index (χ4v) is 3.76. The van der Waals surface area contributed by atoms with Crippen LogP contribution in [0.1, 0.15) is 47.8 Å². The molecule has 1 fully saturated rings. The number of aliphatic hydroxyl groups excluding tert-OH is 1. The van der Waals surface area contributed by atoms with E-state index in [2.05, 4.69) is 4.98 Å². The number of carbonyl (C=O) groups is 1. The van der Waals surface area contributed by atoms with Crippen LogP contribution in [-0.4, -0.2) is 28.7 Å². The van der Waals surface area contributed by atoms with Gasteiger partial charge in [0.05, 0.1) is 12.1 Å². The van der Waals surface area contributed by atoms with E-state index in [1.807, 2.05) is 18.7 Å². The van der Waals surface area contributed by atoms with Gasteiger partial charge >= 0.3 is 5.97 Å². The SMILES string of the molecule is CC1(C)OC(=O)c2c1ccnc2N1C[C@H](O)C[C@@H]1c1ccc(F)cc1. The number of pyridine rings is 1. The molecule has 0 amide bonds. The van der Waals surface area contributed by atoms with Crippen LogP contribution in [0.25, 0.3) is 0 Å². The summed E-state index contributed by atoms with van der Waals surface area (Å²) in [6, 6.07) is 7.83. The Morgan fingerprint density at radius 3 is 2.72 bits per heavy atom. The van der Waals surface area contributed by atoms with Crippen molar-refractivity contribution < 1.29 is 19.0 Å². The summed E-state index contributed by atoms with van der Waals surface area (Å²) in [4.78, 5) is 18.8. The molecule has 1 N–H and O–H groups in total. The molecule has 0 bridgehead atoms. The van der Waals surface area contributed by atoms with E-state index in [9.17, 15) is 14.3 Å². The van der Waals surface area contributed by atoms with E-state index in [4.69, 9.17) is 4.74 Å². The molecule has 0 radical (unpaired) electrons. The maximum Gasteiger partial charge on any atom is 0.343 e. The molecule has 6 heteroatoms. The average Bonchev–Trinajstić information content (AvgIpc) is 3.06. The number of hydrogen-bond donors (Lipinski definition) is 1. The van der Waals surface area contributed by atoms with E-state index in [1.54, 1.807) is 24.4 Å². The van der Waals surface area contributed by atoms with E-state index in [0.717, 1.165) is 11.1 Å². The predicted molar refractivity (Wildman–Crippen MR) is 89.8 cm³/mol. The van der Waals surface area contributed by atoms with Crippen molar-refractivity contribution in [3.05, 3.63) is 59.0 Å². The van der Waals surface area contributed by atoms with Gasteiger partial charge in [0.2, 0.25) is 0 Å². The van der Waals surface area contributed by atoms with Crippen LogP contribution >= 0.6 is 0 Å². The van der Waals surface area contributed by atoms with Gasteiger partial charge in [0.15, 0.2) is 0 Å². The van der Waals surface area contributed by atoms with Gasteiger partial charge in [-0.3, -0.25) is 0 Å². The first-order chi connectivity index (χ1) is 11.9. The summed E-state index contributed by atoms with van der Waals surface area (Å²) in [7, 11) is 0. The maximum absolute atomic E-state index is 13.3. The van der Waals surface area contributed by atoms with Crippen LogP contribution in [-0.2, 0) is 10.3 Å². The van der Waals surface area contributed by atoms with Crippen molar-refractivity contribution >= 4 is 11.8 Å². The zero-order chi connectivity index (χ0) is 17.8. The molecule has 25 heavy (non-hydrogen) atoms. The Bertz CT molecular complexity index is 835. The number of carbonyl (C=O) groups excluding carboxylic acids is 1. The zero-order valence-corrected chi connectivity index (χ0v) is 14.1. The zero-order valence-electron chi connectivity index (χ0n) is 14.1. The van der Waals surface area contributed by atoms with Gasteiger partial charge in [-0.1, -0.05) is 12.1 Å². The topological polar surface area (TPSA) is 62.7 Å². The van der Waals surface area contributed by atoms with E-state index < -0.39 is 17.7 Å². The molecule has 0 spiro atoms. The normalized spacial score (nSPS) is 24.3. The highest BCUT2D eigenvalue weighted by atomic mass is 19.1. The molecule has 2 aromatic rings. The quantitative estimate of drug-likeness (QED) is 0.850. The lowest BCUT2D eigenvalue weighted by atomic mass is 9.96. The smallest absolute Gasteiger partial charge is 0.343 e. The summed E-state index contributed by atoms with van der Waals surface area (Å²) in [6.45, 7) is 4.05. The molecule has 0 aliphatic carbocycles. The van der Waals surface area contributed by atoms with Gasteiger partial charge in [-0.25, -0.2) is 14.2 Å². The second kappa shape index (κ2) is 5.52. The Morgan fingerprint density at radius 1 is 1.28 bits per heavy atom. The van der Waals surface area contributed by atoms with Crippen LogP contribution in [0.5, 0.6) is 0 Å². The molecule has 130 valence electrons. The number of aliphatic hydroxyl groups is 1. The first kappa shape index (κ1) is 16.0. The van der Waals surface area contributed by atoms with Crippen molar-refractivity contribution in [2.45, 2.75) is 38.0 Å². The van der Waals surface area contributed by atoms with Crippen LogP contribution in [0.2, 0.25) is 0 Å². The Morgan fingerprint density at radius 2 is 2.00 bits per heavy atom. The van der Waals surface area contributed by atoms with Crippen molar-refractivity contribution in [1.29, 1.82) is 0 Å². The van der Waals surface area contributed by atoms with E-state index in [1.165, 1.54) is 12.1 Å². The molecule has 2 aliphatic rings. The van der Waals surface area contributed by atoms with Crippen molar-refractivity contribution in [3.8, 4) is 0 Å². The Balaban J connectivity index is 1.80. The minimum Gasteiger partial charge on any atom is -0.451 e. The summed E-state index contributed by atoms with van der Waals surface area (Å²) >= 11 is 0. The van der Waals surface area contributed by atoms with Crippen molar-refractivity contribution in [1.82, 2.24) is 4.98 Å². The standard InChI is InChI=1S/C19H19FN2O3/c1-19(2)14-7-8-21-17(16(14)18(24)25-19)22-10-13(23)9-15(22)11-3-5-12(20)6-4-11/h3-8,13,15,23H,9-10H2,1-2H3/t13-,15-/m1/s1. The molecule has 0 unspecified atom stereocenters. The van der Waals surface area contributed by atoms with Gasteiger partial charge in [0, 0.05) is 18.3 Å². The molecule has 4 rings (SSSR count). The number of anilines is 1. The van der Waals surface area contributed by atoms with E-state index >= 15 is 0 Å². The van der Waals surface area contributed by atoms with Gasteiger partial charge in [-0.2, -0.15) is 0 Å². The number of esters is 1. The molecule has 2 aliphatic heterocycles. The lowest BCUT2D eigenvalue weighted by molar-refractivity contribution is 0.00956. The number of aromatic nitrogens is 1. The molecular formula is C19H19FN2O3. The summed E-state index contributed by atoms with van der Waals surface area (Å²) in [6.07, 6.45) is 1.61. The second-order valence-electron chi connectivity index (χ2n) is 7.07. The highest BCUT2D eigenvalue weighted by Gasteiger charge is 2.43. The number of β-amino-alcohol motifs (C(OH)–C–C–N with tert-alkyl or cyclic N) is 1. The number of halogens is 1. The van der Waals surface area contributed by atoms with E-state index in [-0.39, 0.29) is 11.9 Å². The highest BCUT2D eigenvalue weighted by Crippen LogP contribution is 2.43. The largest absolute Gasteiger partial charge is 0.451 e. The molecule has 2 atom stereocenters. The van der Waals surface area contributed by atoms with E-state index in [0.29, 0.717) is 24.3 Å². The predicted octanol–water partition coefficient (Wildman–Crippen LogP) is 2.94. The minimum absolute atomic E-state index is 0.175. The summed E-state index contributed by atoms with van der Waals surface area (Å²) in [5, 5.41) is 10.2. The van der Waals surface area contributed by atoms with Crippen LogP contribution in [0.15, 0.2) is 36.5 Å². The Kier molecular flexibility index (Phi) is 3.54. The van der Waals surface area contributed by atoms with Crippen molar-refractivity contribution in [2.24, 2.45) is 0 Å².